The highest BCUT2D eigenvalue weighted by Gasteiger charge is 2.47. The van der Waals surface area contributed by atoms with Crippen molar-refractivity contribution in [2.75, 3.05) is 32.3 Å². The third kappa shape index (κ3) is 8.11. The van der Waals surface area contributed by atoms with Crippen LogP contribution in [0.1, 0.15) is 101 Å². The monoisotopic (exact) mass is 641 g/mol. The van der Waals surface area contributed by atoms with Gasteiger partial charge in [0.1, 0.15) is 18.3 Å². The van der Waals surface area contributed by atoms with E-state index in [2.05, 4.69) is 12.2 Å². The van der Waals surface area contributed by atoms with Crippen LogP contribution in [-0.2, 0) is 19.1 Å². The molecule has 5 rings (SSSR count). The Morgan fingerprint density at radius 2 is 1.78 bits per heavy atom. The number of fused-ring (bicyclic) bond motifs is 1. The third-order valence-electron chi connectivity index (χ3n) is 10.8. The van der Waals surface area contributed by atoms with Crippen LogP contribution in [0.25, 0.3) is 11.0 Å². The SMILES string of the molecule is CCCCCCOC(=O)c1cc2cc(NC(=O)[C@@H]3[C@H](C4CCC(OC)CC4)CCN3C(=O)C3CCC([C@H](N)CF)CC3)ccc2o1. The Balaban J connectivity index is 1.28. The number of alkyl halides is 1. The summed E-state index contributed by atoms with van der Waals surface area (Å²) < 4.78 is 29.9. The van der Waals surface area contributed by atoms with Gasteiger partial charge in [-0.3, -0.25) is 9.59 Å². The number of unbranched alkanes of at least 4 members (excludes halogenated alkanes) is 3. The van der Waals surface area contributed by atoms with Crippen molar-refractivity contribution in [3.05, 3.63) is 30.0 Å². The third-order valence-corrected chi connectivity index (χ3v) is 10.8. The molecule has 10 heteroatoms. The Kier molecular flexibility index (Phi) is 12.1. The number of carbonyl (C=O) groups excluding carboxylic acids is 3. The summed E-state index contributed by atoms with van der Waals surface area (Å²) in [6, 6.07) is 5.90. The lowest BCUT2D eigenvalue weighted by Crippen LogP contribution is -2.50. The lowest BCUT2D eigenvalue weighted by atomic mass is 9.75. The topological polar surface area (TPSA) is 124 Å². The number of halogens is 1. The van der Waals surface area contributed by atoms with Gasteiger partial charge in [0.25, 0.3) is 0 Å². The van der Waals surface area contributed by atoms with E-state index in [0.29, 0.717) is 48.6 Å². The molecule has 2 aromatic rings. The number of likely N-dealkylation sites (tertiary alicyclic amines) is 1. The number of anilines is 1. The predicted octanol–water partition coefficient (Wildman–Crippen LogP) is 6.63. The van der Waals surface area contributed by atoms with Crippen molar-refractivity contribution in [3.8, 4) is 0 Å². The van der Waals surface area contributed by atoms with Crippen molar-refractivity contribution < 1.29 is 32.7 Å². The van der Waals surface area contributed by atoms with Gasteiger partial charge >= 0.3 is 5.97 Å². The number of rotatable bonds is 13. The van der Waals surface area contributed by atoms with Gasteiger partial charge in [-0.25, -0.2) is 9.18 Å². The molecule has 2 aliphatic carbocycles. The fourth-order valence-electron chi connectivity index (χ4n) is 8.00. The number of nitrogens with zero attached hydrogens (tertiary/aromatic N) is 1. The second-order valence-corrected chi connectivity index (χ2v) is 13.7. The van der Waals surface area contributed by atoms with Gasteiger partial charge in [0.05, 0.1) is 12.7 Å². The van der Waals surface area contributed by atoms with Crippen molar-refractivity contribution in [1.29, 1.82) is 0 Å². The minimum Gasteiger partial charge on any atom is -0.460 e. The lowest BCUT2D eigenvalue weighted by molar-refractivity contribution is -0.142. The summed E-state index contributed by atoms with van der Waals surface area (Å²) in [6.07, 6.45) is 11.8. The molecule has 3 aliphatic rings. The second-order valence-electron chi connectivity index (χ2n) is 13.7. The molecule has 1 saturated heterocycles. The van der Waals surface area contributed by atoms with E-state index in [1.54, 1.807) is 31.4 Å². The Bertz CT molecular complexity index is 1320. The zero-order chi connectivity index (χ0) is 32.6. The van der Waals surface area contributed by atoms with E-state index >= 15 is 0 Å². The van der Waals surface area contributed by atoms with Gasteiger partial charge in [-0.05, 0) is 106 Å². The van der Waals surface area contributed by atoms with Crippen molar-refractivity contribution >= 4 is 34.4 Å². The lowest BCUT2D eigenvalue weighted by Gasteiger charge is -2.37. The fraction of sp³-hybridized carbons (Fsp3) is 0.694. The van der Waals surface area contributed by atoms with Gasteiger partial charge in [0, 0.05) is 36.7 Å². The maximum Gasteiger partial charge on any atom is 0.374 e. The van der Waals surface area contributed by atoms with Crippen molar-refractivity contribution in [1.82, 2.24) is 4.90 Å². The Morgan fingerprint density at radius 3 is 2.48 bits per heavy atom. The minimum atomic E-state index is -0.569. The van der Waals surface area contributed by atoms with Crippen LogP contribution in [0.2, 0.25) is 0 Å². The zero-order valence-corrected chi connectivity index (χ0v) is 27.5. The fourth-order valence-corrected chi connectivity index (χ4v) is 8.00. The highest BCUT2D eigenvalue weighted by Crippen LogP contribution is 2.42. The van der Waals surface area contributed by atoms with Gasteiger partial charge in [-0.2, -0.15) is 0 Å². The summed E-state index contributed by atoms with van der Waals surface area (Å²) in [5.41, 5.74) is 7.09. The minimum absolute atomic E-state index is 0.0311. The number of amides is 2. The first kappa shape index (κ1) is 34.4. The van der Waals surface area contributed by atoms with E-state index in [9.17, 15) is 18.8 Å². The summed E-state index contributed by atoms with van der Waals surface area (Å²) in [5, 5.41) is 3.79. The number of ether oxygens (including phenoxy) is 2. The Morgan fingerprint density at radius 1 is 1.02 bits per heavy atom. The van der Waals surface area contributed by atoms with Crippen LogP contribution in [0.5, 0.6) is 0 Å². The van der Waals surface area contributed by atoms with Gasteiger partial charge in [-0.1, -0.05) is 26.2 Å². The number of esters is 1. The number of hydrogen-bond donors (Lipinski definition) is 2. The number of carbonyl (C=O) groups is 3. The van der Waals surface area contributed by atoms with Crippen LogP contribution in [0.4, 0.5) is 10.1 Å². The zero-order valence-electron chi connectivity index (χ0n) is 27.5. The number of hydrogen-bond acceptors (Lipinski definition) is 7. The van der Waals surface area contributed by atoms with E-state index in [1.807, 2.05) is 4.90 Å². The molecule has 254 valence electrons. The molecule has 2 amide bonds. The molecule has 3 N–H and O–H groups in total. The van der Waals surface area contributed by atoms with Gasteiger partial charge in [0.15, 0.2) is 0 Å². The molecule has 9 nitrogen and oxygen atoms in total. The highest BCUT2D eigenvalue weighted by molar-refractivity contribution is 6.00. The molecule has 2 saturated carbocycles. The first-order valence-electron chi connectivity index (χ1n) is 17.5. The summed E-state index contributed by atoms with van der Waals surface area (Å²) >= 11 is 0. The molecule has 0 spiro atoms. The Labute approximate surface area is 272 Å². The van der Waals surface area contributed by atoms with E-state index in [-0.39, 0.29) is 41.4 Å². The van der Waals surface area contributed by atoms with Crippen LogP contribution < -0.4 is 11.1 Å². The van der Waals surface area contributed by atoms with Gasteiger partial charge in [-0.15, -0.1) is 0 Å². The van der Waals surface area contributed by atoms with Crippen molar-refractivity contribution in [2.45, 2.75) is 109 Å². The average molecular weight is 642 g/mol. The average Bonchev–Trinajstić information content (AvgIpc) is 3.72. The molecular formula is C36H52FN3O6. The summed E-state index contributed by atoms with van der Waals surface area (Å²) in [7, 11) is 1.75. The number of methoxy groups -OCH3 is 1. The molecule has 0 radical (unpaired) electrons. The van der Waals surface area contributed by atoms with E-state index < -0.39 is 24.7 Å². The molecule has 1 aromatic heterocycles. The maximum atomic E-state index is 14.1. The van der Waals surface area contributed by atoms with E-state index in [4.69, 9.17) is 19.6 Å². The first-order valence-corrected chi connectivity index (χ1v) is 17.5. The highest BCUT2D eigenvalue weighted by atomic mass is 19.1. The smallest absolute Gasteiger partial charge is 0.374 e. The number of furan rings is 1. The van der Waals surface area contributed by atoms with E-state index in [1.165, 1.54) is 0 Å². The second kappa shape index (κ2) is 16.2. The van der Waals surface area contributed by atoms with Gasteiger partial charge < -0.3 is 29.8 Å². The maximum absolute atomic E-state index is 14.1. The van der Waals surface area contributed by atoms with Crippen LogP contribution in [0, 0.1) is 23.7 Å². The quantitative estimate of drug-likeness (QED) is 0.186. The van der Waals surface area contributed by atoms with Crippen LogP contribution in [0.3, 0.4) is 0 Å². The van der Waals surface area contributed by atoms with Gasteiger partial charge in [0.2, 0.25) is 17.6 Å². The normalized spacial score (nSPS) is 27.4. The van der Waals surface area contributed by atoms with Crippen LogP contribution >= 0.6 is 0 Å². The summed E-state index contributed by atoms with van der Waals surface area (Å²) in [6.45, 7) is 2.50. The summed E-state index contributed by atoms with van der Waals surface area (Å²) in [5.74, 6) is -0.189. The standard InChI is InChI=1S/C36H52FN3O6/c1-3-4-5-6-19-45-36(43)32-21-26-20-27(13-16-31(26)46-32)39-34(41)33-29(23-11-14-28(44-2)15-12-23)17-18-40(33)35(42)25-9-7-24(8-10-25)30(38)22-37/h13,16,20-21,23-25,28-30,33H,3-12,14-15,17-19,22,38H2,1-2H3,(H,39,41)/t23?,24?,25?,28?,29-,30+,33-/m0/s1. The molecule has 0 unspecified atom stereocenters. The van der Waals surface area contributed by atoms with Crippen molar-refractivity contribution in [3.63, 3.8) is 0 Å². The molecular weight excluding hydrogens is 589 g/mol. The Hall–Kier alpha value is -2.98. The summed E-state index contributed by atoms with van der Waals surface area (Å²) in [4.78, 5) is 42.5. The molecule has 3 fully saturated rings. The number of benzene rings is 1. The largest absolute Gasteiger partial charge is 0.460 e. The molecule has 3 atom stereocenters. The first-order chi connectivity index (χ1) is 22.3. The molecule has 2 heterocycles. The molecule has 1 aliphatic heterocycles. The van der Waals surface area contributed by atoms with E-state index in [0.717, 1.165) is 70.6 Å². The number of nitrogens with two attached hydrogens (primary N) is 1. The molecule has 46 heavy (non-hydrogen) atoms. The predicted molar refractivity (Wildman–Crippen MR) is 175 cm³/mol. The molecule has 1 aromatic carbocycles. The van der Waals surface area contributed by atoms with Crippen LogP contribution in [0.15, 0.2) is 28.7 Å². The molecule has 0 bridgehead atoms. The van der Waals surface area contributed by atoms with Crippen molar-refractivity contribution in [2.24, 2.45) is 29.4 Å². The number of nitrogens with one attached hydrogen (secondary N) is 1. The van der Waals surface area contributed by atoms with Crippen LogP contribution in [-0.4, -0.2) is 67.8 Å².